The normalized spacial score (nSPS) is 12.9. The summed E-state index contributed by atoms with van der Waals surface area (Å²) in [6.45, 7) is 0.630. The van der Waals surface area contributed by atoms with E-state index in [1.165, 1.54) is 0 Å². The van der Waals surface area contributed by atoms with Crippen molar-refractivity contribution in [3.63, 3.8) is 0 Å². The lowest BCUT2D eigenvalue weighted by atomic mass is 10.2. The van der Waals surface area contributed by atoms with E-state index in [0.29, 0.717) is 17.1 Å². The van der Waals surface area contributed by atoms with E-state index in [-0.39, 0.29) is 18.4 Å². The zero-order valence-corrected chi connectivity index (χ0v) is 12.6. The van der Waals surface area contributed by atoms with E-state index in [0.717, 1.165) is 17.7 Å². The zero-order valence-electron chi connectivity index (χ0n) is 11.9. The molecule has 2 amide bonds. The highest BCUT2D eigenvalue weighted by Gasteiger charge is 2.24. The van der Waals surface area contributed by atoms with Crippen LogP contribution in [0.4, 0.5) is 5.69 Å². The molecule has 0 radical (unpaired) electrons. The smallest absolute Gasteiger partial charge is 0.251 e. The van der Waals surface area contributed by atoms with Crippen LogP contribution in [0.1, 0.15) is 15.9 Å². The van der Waals surface area contributed by atoms with Crippen LogP contribution < -0.4 is 10.2 Å². The van der Waals surface area contributed by atoms with E-state index in [2.05, 4.69) is 5.32 Å². The first-order valence-electron chi connectivity index (χ1n) is 7.07. The number of hydrogen-bond acceptors (Lipinski definition) is 2. The fraction of sp³-hybridized carbons (Fsp3) is 0.176. The van der Waals surface area contributed by atoms with E-state index < -0.39 is 0 Å². The van der Waals surface area contributed by atoms with Crippen LogP contribution in [0.3, 0.4) is 0 Å². The van der Waals surface area contributed by atoms with Crippen molar-refractivity contribution < 1.29 is 9.59 Å². The molecule has 0 aliphatic carbocycles. The molecular weight excluding hydrogens is 300 g/mol. The van der Waals surface area contributed by atoms with Crippen molar-refractivity contribution in [2.45, 2.75) is 6.42 Å². The Bertz CT molecular complexity index is 730. The number of amides is 2. The van der Waals surface area contributed by atoms with E-state index in [1.54, 1.807) is 29.2 Å². The molecule has 1 aliphatic rings. The molecule has 0 bridgehead atoms. The maximum Gasteiger partial charge on any atom is 0.251 e. The second-order valence-corrected chi connectivity index (χ2v) is 5.55. The van der Waals surface area contributed by atoms with Crippen LogP contribution in [-0.4, -0.2) is 24.9 Å². The van der Waals surface area contributed by atoms with Gasteiger partial charge in [-0.05, 0) is 36.2 Å². The Balaban J connectivity index is 1.63. The fourth-order valence-corrected chi connectivity index (χ4v) is 2.77. The van der Waals surface area contributed by atoms with Crippen LogP contribution >= 0.6 is 11.6 Å². The van der Waals surface area contributed by atoms with Crippen molar-refractivity contribution in [3.8, 4) is 0 Å². The molecule has 2 aromatic carbocycles. The van der Waals surface area contributed by atoms with Gasteiger partial charge in [-0.3, -0.25) is 9.59 Å². The molecular formula is C17H15ClN2O2. The molecule has 0 aromatic heterocycles. The van der Waals surface area contributed by atoms with Gasteiger partial charge in [-0.1, -0.05) is 35.9 Å². The first-order valence-corrected chi connectivity index (χ1v) is 7.45. The largest absolute Gasteiger partial charge is 0.343 e. The van der Waals surface area contributed by atoms with Gasteiger partial charge < -0.3 is 10.2 Å². The quantitative estimate of drug-likeness (QED) is 0.947. The maximum atomic E-state index is 12.3. The number of hydrogen-bond donors (Lipinski definition) is 1. The van der Waals surface area contributed by atoms with Crippen LogP contribution in [-0.2, 0) is 11.2 Å². The Kier molecular flexibility index (Phi) is 4.11. The fourth-order valence-electron chi connectivity index (χ4n) is 2.58. The third kappa shape index (κ3) is 2.97. The Morgan fingerprint density at radius 1 is 1.14 bits per heavy atom. The van der Waals surface area contributed by atoms with Gasteiger partial charge in [0.2, 0.25) is 5.91 Å². The number of fused-ring (bicyclic) bond motifs is 1. The SMILES string of the molecule is O=C(NCC(=O)N1CCc2ccccc21)c1cccc(Cl)c1. The molecule has 1 aliphatic heterocycles. The number of benzene rings is 2. The molecule has 0 unspecified atom stereocenters. The number of carbonyl (C=O) groups excluding carboxylic acids is 2. The van der Waals surface area contributed by atoms with Gasteiger partial charge in [0.1, 0.15) is 0 Å². The average Bonchev–Trinajstić information content (AvgIpc) is 2.96. The van der Waals surface area contributed by atoms with Gasteiger partial charge in [0.05, 0.1) is 6.54 Å². The van der Waals surface area contributed by atoms with E-state index in [1.807, 2.05) is 24.3 Å². The maximum absolute atomic E-state index is 12.3. The number of nitrogens with zero attached hydrogens (tertiary/aromatic N) is 1. The Hall–Kier alpha value is -2.33. The topological polar surface area (TPSA) is 49.4 Å². The summed E-state index contributed by atoms with van der Waals surface area (Å²) in [6, 6.07) is 14.5. The molecule has 0 fully saturated rings. The predicted octanol–water partition coefficient (Wildman–Crippen LogP) is 2.66. The van der Waals surface area contributed by atoms with Gasteiger partial charge in [-0.2, -0.15) is 0 Å². The second-order valence-electron chi connectivity index (χ2n) is 5.12. The molecule has 1 heterocycles. The lowest BCUT2D eigenvalue weighted by molar-refractivity contribution is -0.117. The lowest BCUT2D eigenvalue weighted by Crippen LogP contribution is -2.39. The average molecular weight is 315 g/mol. The molecule has 0 spiro atoms. The standard InChI is InChI=1S/C17H15ClN2O2/c18-14-6-3-5-13(10-14)17(22)19-11-16(21)20-9-8-12-4-1-2-7-15(12)20/h1-7,10H,8-9,11H2,(H,19,22). The minimum atomic E-state index is -0.302. The van der Waals surface area contributed by atoms with Crippen molar-refractivity contribution in [2.24, 2.45) is 0 Å². The van der Waals surface area contributed by atoms with Crippen molar-refractivity contribution in [1.29, 1.82) is 0 Å². The van der Waals surface area contributed by atoms with Crippen molar-refractivity contribution in [3.05, 3.63) is 64.7 Å². The lowest BCUT2D eigenvalue weighted by Gasteiger charge is -2.17. The summed E-state index contributed by atoms with van der Waals surface area (Å²) in [5.74, 6) is -0.413. The summed E-state index contributed by atoms with van der Waals surface area (Å²) < 4.78 is 0. The van der Waals surface area contributed by atoms with E-state index >= 15 is 0 Å². The predicted molar refractivity (Wildman–Crippen MR) is 86.3 cm³/mol. The first-order chi connectivity index (χ1) is 10.6. The first kappa shape index (κ1) is 14.6. The van der Waals surface area contributed by atoms with Crippen molar-refractivity contribution in [2.75, 3.05) is 18.0 Å². The molecule has 0 saturated carbocycles. The van der Waals surface area contributed by atoms with Gasteiger partial charge in [0.15, 0.2) is 0 Å². The highest BCUT2D eigenvalue weighted by Crippen LogP contribution is 2.27. The molecule has 1 N–H and O–H groups in total. The van der Waals surface area contributed by atoms with E-state index in [4.69, 9.17) is 11.6 Å². The molecule has 4 nitrogen and oxygen atoms in total. The monoisotopic (exact) mass is 314 g/mol. The third-order valence-electron chi connectivity index (χ3n) is 3.68. The molecule has 112 valence electrons. The van der Waals surface area contributed by atoms with Crippen LogP contribution in [0.5, 0.6) is 0 Å². The van der Waals surface area contributed by atoms with Gasteiger partial charge >= 0.3 is 0 Å². The summed E-state index contributed by atoms with van der Waals surface area (Å²) in [6.07, 6.45) is 0.851. The van der Waals surface area contributed by atoms with Crippen LogP contribution in [0.2, 0.25) is 5.02 Å². The van der Waals surface area contributed by atoms with Crippen LogP contribution in [0.15, 0.2) is 48.5 Å². The van der Waals surface area contributed by atoms with E-state index in [9.17, 15) is 9.59 Å². The molecule has 3 rings (SSSR count). The number of carbonyl (C=O) groups is 2. The number of para-hydroxylation sites is 1. The summed E-state index contributed by atoms with van der Waals surface area (Å²) in [5.41, 5.74) is 2.55. The Morgan fingerprint density at radius 2 is 1.95 bits per heavy atom. The molecule has 22 heavy (non-hydrogen) atoms. The molecule has 0 atom stereocenters. The molecule has 2 aromatic rings. The zero-order chi connectivity index (χ0) is 15.5. The van der Waals surface area contributed by atoms with Gasteiger partial charge in [-0.25, -0.2) is 0 Å². The van der Waals surface area contributed by atoms with Gasteiger partial charge in [-0.15, -0.1) is 0 Å². The second kappa shape index (κ2) is 6.20. The van der Waals surface area contributed by atoms with Crippen LogP contribution in [0.25, 0.3) is 0 Å². The Morgan fingerprint density at radius 3 is 2.77 bits per heavy atom. The van der Waals surface area contributed by atoms with Gasteiger partial charge in [0, 0.05) is 22.8 Å². The third-order valence-corrected chi connectivity index (χ3v) is 3.91. The molecule has 0 saturated heterocycles. The minimum Gasteiger partial charge on any atom is -0.343 e. The number of rotatable bonds is 3. The summed E-state index contributed by atoms with van der Waals surface area (Å²) in [7, 11) is 0. The van der Waals surface area contributed by atoms with Gasteiger partial charge in [0.25, 0.3) is 5.91 Å². The summed E-state index contributed by atoms with van der Waals surface area (Å²) in [4.78, 5) is 26.0. The van der Waals surface area contributed by atoms with Crippen LogP contribution in [0, 0.1) is 0 Å². The summed E-state index contributed by atoms with van der Waals surface area (Å²) in [5, 5.41) is 3.14. The Labute approximate surface area is 133 Å². The number of nitrogens with one attached hydrogen (secondary N) is 1. The summed E-state index contributed by atoms with van der Waals surface area (Å²) >= 11 is 5.86. The number of anilines is 1. The van der Waals surface area contributed by atoms with Crippen molar-refractivity contribution in [1.82, 2.24) is 5.32 Å². The highest BCUT2D eigenvalue weighted by molar-refractivity contribution is 6.31. The van der Waals surface area contributed by atoms with Crippen molar-refractivity contribution >= 4 is 29.1 Å². The highest BCUT2D eigenvalue weighted by atomic mass is 35.5. The molecule has 5 heteroatoms. The minimum absolute atomic E-state index is 0.0281. The number of halogens is 1.